The van der Waals surface area contributed by atoms with Crippen molar-refractivity contribution in [3.05, 3.63) is 49.1 Å². The van der Waals surface area contributed by atoms with Crippen molar-refractivity contribution >= 4 is 17.8 Å². The van der Waals surface area contributed by atoms with E-state index in [1.54, 1.807) is 35.3 Å². The molecule has 9 nitrogen and oxygen atoms in total. The van der Waals surface area contributed by atoms with Crippen LogP contribution in [0.2, 0.25) is 0 Å². The van der Waals surface area contributed by atoms with Crippen LogP contribution in [0.3, 0.4) is 0 Å². The molecule has 1 aliphatic carbocycles. The van der Waals surface area contributed by atoms with Gasteiger partial charge in [-0.25, -0.2) is 18.6 Å². The molecule has 5 rings (SSSR count). The van der Waals surface area contributed by atoms with Crippen molar-refractivity contribution in [3.8, 4) is 22.8 Å². The second-order valence-electron chi connectivity index (χ2n) is 8.71. The average Bonchev–Trinajstić information content (AvgIpc) is 3.47. The van der Waals surface area contributed by atoms with Gasteiger partial charge < -0.3 is 4.74 Å². The van der Waals surface area contributed by atoms with Gasteiger partial charge in [-0.3, -0.25) is 24.7 Å². The molecule has 3 aromatic rings. The summed E-state index contributed by atoms with van der Waals surface area (Å²) in [4.78, 5) is 34.8. The fourth-order valence-corrected chi connectivity index (χ4v) is 4.52. The van der Waals surface area contributed by atoms with Crippen LogP contribution >= 0.6 is 0 Å². The van der Waals surface area contributed by atoms with Crippen LogP contribution in [0.4, 0.5) is 19.4 Å². The highest BCUT2D eigenvalue weighted by atomic mass is 19.3. The third kappa shape index (κ3) is 4.20. The molecular formula is C23H22F2N6O3. The van der Waals surface area contributed by atoms with Gasteiger partial charge in [0, 0.05) is 50.5 Å². The maximum atomic E-state index is 13.7. The number of aromatic nitrogens is 4. The lowest BCUT2D eigenvalue weighted by Gasteiger charge is -2.22. The van der Waals surface area contributed by atoms with Gasteiger partial charge in [0.05, 0.1) is 23.5 Å². The molecule has 176 valence electrons. The minimum absolute atomic E-state index is 0.102. The minimum atomic E-state index is -2.85. The number of ether oxygens (including phenoxy) is 1. The molecule has 1 saturated heterocycles. The van der Waals surface area contributed by atoms with Crippen molar-refractivity contribution in [1.29, 1.82) is 0 Å². The van der Waals surface area contributed by atoms with Gasteiger partial charge >= 0.3 is 6.03 Å². The SMILES string of the molecule is Cn1cc(-c2cc(Oc3ccc(NC(=O)N4CCC5(CCC(F)(F)C5)C4=O)nc3)ccn2)cn1. The molecule has 1 unspecified atom stereocenters. The number of nitrogens with zero attached hydrogens (tertiary/aromatic N) is 5. The lowest BCUT2D eigenvalue weighted by molar-refractivity contribution is -0.134. The Morgan fingerprint density at radius 1 is 1.12 bits per heavy atom. The number of halogens is 2. The molecule has 0 bridgehead atoms. The summed E-state index contributed by atoms with van der Waals surface area (Å²) in [6.45, 7) is 0.114. The van der Waals surface area contributed by atoms with Crippen molar-refractivity contribution in [2.75, 3.05) is 11.9 Å². The lowest BCUT2D eigenvalue weighted by atomic mass is 9.84. The molecule has 0 aromatic carbocycles. The number of pyridine rings is 2. The van der Waals surface area contributed by atoms with Crippen LogP contribution in [0.15, 0.2) is 49.1 Å². The number of urea groups is 1. The summed E-state index contributed by atoms with van der Waals surface area (Å²) in [5, 5.41) is 6.69. The number of rotatable bonds is 4. The predicted octanol–water partition coefficient (Wildman–Crippen LogP) is 4.24. The van der Waals surface area contributed by atoms with E-state index in [1.807, 2.05) is 13.2 Å². The Morgan fingerprint density at radius 3 is 2.65 bits per heavy atom. The van der Waals surface area contributed by atoms with Gasteiger partial charge in [0.1, 0.15) is 17.3 Å². The van der Waals surface area contributed by atoms with E-state index in [0.29, 0.717) is 17.2 Å². The summed E-state index contributed by atoms with van der Waals surface area (Å²) in [6, 6.07) is 5.97. The fourth-order valence-electron chi connectivity index (χ4n) is 4.52. The van der Waals surface area contributed by atoms with E-state index in [4.69, 9.17) is 4.74 Å². The molecule has 2 aliphatic rings. The molecule has 2 fully saturated rings. The molecule has 1 saturated carbocycles. The molecular weight excluding hydrogens is 446 g/mol. The number of anilines is 1. The second kappa shape index (κ2) is 8.15. The van der Waals surface area contributed by atoms with Crippen molar-refractivity contribution in [1.82, 2.24) is 24.6 Å². The van der Waals surface area contributed by atoms with E-state index in [0.717, 1.165) is 10.5 Å². The van der Waals surface area contributed by atoms with Gasteiger partial charge in [0.2, 0.25) is 11.8 Å². The zero-order valence-electron chi connectivity index (χ0n) is 18.4. The summed E-state index contributed by atoms with van der Waals surface area (Å²) in [6.07, 6.45) is 6.15. The number of aryl methyl sites for hydroxylation is 1. The van der Waals surface area contributed by atoms with E-state index >= 15 is 0 Å². The van der Waals surface area contributed by atoms with Crippen molar-refractivity contribution in [2.45, 2.75) is 31.6 Å². The van der Waals surface area contributed by atoms with Crippen LogP contribution in [0.25, 0.3) is 11.3 Å². The van der Waals surface area contributed by atoms with Crippen LogP contribution in [-0.4, -0.2) is 49.1 Å². The van der Waals surface area contributed by atoms with Gasteiger partial charge in [-0.15, -0.1) is 0 Å². The van der Waals surface area contributed by atoms with Crippen LogP contribution in [0.5, 0.6) is 11.5 Å². The van der Waals surface area contributed by atoms with Crippen molar-refractivity contribution in [3.63, 3.8) is 0 Å². The Kier molecular flexibility index (Phi) is 5.26. The first-order chi connectivity index (χ1) is 16.2. The van der Waals surface area contributed by atoms with E-state index in [2.05, 4.69) is 20.4 Å². The zero-order valence-corrected chi connectivity index (χ0v) is 18.4. The number of nitrogens with one attached hydrogen (secondary N) is 1. The van der Waals surface area contributed by atoms with E-state index < -0.39 is 29.7 Å². The molecule has 3 aromatic heterocycles. The topological polar surface area (TPSA) is 102 Å². The van der Waals surface area contributed by atoms with Gasteiger partial charge in [0.15, 0.2) is 0 Å². The van der Waals surface area contributed by atoms with E-state index in [-0.39, 0.29) is 31.6 Å². The van der Waals surface area contributed by atoms with Crippen LogP contribution in [-0.2, 0) is 11.8 Å². The van der Waals surface area contributed by atoms with Gasteiger partial charge in [-0.1, -0.05) is 0 Å². The largest absolute Gasteiger partial charge is 0.456 e. The molecule has 1 aliphatic heterocycles. The smallest absolute Gasteiger partial charge is 0.329 e. The van der Waals surface area contributed by atoms with Crippen LogP contribution < -0.4 is 10.1 Å². The number of hydrogen-bond acceptors (Lipinski definition) is 6. The molecule has 34 heavy (non-hydrogen) atoms. The summed E-state index contributed by atoms with van der Waals surface area (Å²) < 4.78 is 34.9. The van der Waals surface area contributed by atoms with Gasteiger partial charge in [-0.05, 0) is 31.0 Å². The number of amides is 3. The summed E-state index contributed by atoms with van der Waals surface area (Å²) in [5.74, 6) is -2.19. The number of hydrogen-bond donors (Lipinski definition) is 1. The summed E-state index contributed by atoms with van der Waals surface area (Å²) >= 11 is 0. The van der Waals surface area contributed by atoms with Crippen LogP contribution in [0, 0.1) is 5.41 Å². The first-order valence-corrected chi connectivity index (χ1v) is 10.8. The maximum Gasteiger partial charge on any atom is 0.329 e. The van der Waals surface area contributed by atoms with Crippen LogP contribution in [0.1, 0.15) is 25.7 Å². The zero-order chi connectivity index (χ0) is 23.9. The number of alkyl halides is 2. The Labute approximate surface area is 193 Å². The quantitative estimate of drug-likeness (QED) is 0.615. The summed E-state index contributed by atoms with van der Waals surface area (Å²) in [5.41, 5.74) is 0.421. The van der Waals surface area contributed by atoms with E-state index in [1.165, 1.54) is 12.3 Å². The minimum Gasteiger partial charge on any atom is -0.456 e. The summed E-state index contributed by atoms with van der Waals surface area (Å²) in [7, 11) is 1.82. The highest BCUT2D eigenvalue weighted by Gasteiger charge is 2.58. The van der Waals surface area contributed by atoms with E-state index in [9.17, 15) is 18.4 Å². The number of imide groups is 1. The Balaban J connectivity index is 1.21. The first kappa shape index (κ1) is 21.9. The number of carbonyl (C=O) groups is 2. The Morgan fingerprint density at radius 2 is 1.97 bits per heavy atom. The maximum absolute atomic E-state index is 13.7. The highest BCUT2D eigenvalue weighted by Crippen LogP contribution is 2.52. The van der Waals surface area contributed by atoms with Crippen molar-refractivity contribution < 1.29 is 23.1 Å². The molecule has 11 heteroatoms. The van der Waals surface area contributed by atoms with Gasteiger partial charge in [-0.2, -0.15) is 5.10 Å². The molecule has 3 amide bonds. The number of carbonyl (C=O) groups excluding carboxylic acids is 2. The third-order valence-corrected chi connectivity index (χ3v) is 6.26. The number of likely N-dealkylation sites (tertiary alicyclic amines) is 1. The molecule has 1 spiro atoms. The van der Waals surface area contributed by atoms with Crippen molar-refractivity contribution in [2.24, 2.45) is 12.5 Å². The van der Waals surface area contributed by atoms with Gasteiger partial charge in [0.25, 0.3) is 0 Å². The Hall–Kier alpha value is -3.89. The predicted molar refractivity (Wildman–Crippen MR) is 117 cm³/mol. The molecule has 1 atom stereocenters. The highest BCUT2D eigenvalue weighted by molar-refractivity contribution is 6.04. The lowest BCUT2D eigenvalue weighted by Crippen LogP contribution is -2.40. The fraction of sp³-hybridized carbons (Fsp3) is 0.348. The molecule has 1 N–H and O–H groups in total. The monoisotopic (exact) mass is 468 g/mol. The normalized spacial score (nSPS) is 21.3. The molecule has 0 radical (unpaired) electrons. The Bertz CT molecular complexity index is 1250. The average molecular weight is 468 g/mol. The first-order valence-electron chi connectivity index (χ1n) is 10.8. The third-order valence-electron chi connectivity index (χ3n) is 6.26. The molecule has 4 heterocycles. The standard InChI is InChI=1S/C23H22F2N6O3/c1-30-13-15(11-28-30)18-10-16(4-8-26-18)34-17-2-3-19(27-12-17)29-21(33)31-9-7-22(20(31)32)5-6-23(24,25)14-22/h2-4,8,10-13H,5-7,9,14H2,1H3,(H,27,29,33). The second-order valence-corrected chi connectivity index (χ2v) is 8.71.